The summed E-state index contributed by atoms with van der Waals surface area (Å²) >= 11 is 0. The molecule has 2 heterocycles. The number of nitrogens with one attached hydrogen (secondary N) is 1. The normalized spacial score (nSPS) is 11.4. The van der Waals surface area contributed by atoms with Crippen LogP contribution in [-0.2, 0) is 5.79 Å². The number of aromatic nitrogens is 3. The molecular formula is C15H12N4O5. The molecule has 3 rings (SSSR count). The zero-order valence-corrected chi connectivity index (χ0v) is 12.1. The van der Waals surface area contributed by atoms with Crippen LogP contribution in [0.4, 0.5) is 5.69 Å². The number of benzene rings is 1. The number of aromatic amines is 1. The van der Waals surface area contributed by atoms with E-state index < -0.39 is 10.7 Å². The SMILES string of the molecule is O=[N+]([O-])c1cccc(-c2nc(C(O)(O)c3cn[nH]c3)ccc2O)c1. The molecule has 0 saturated heterocycles. The van der Waals surface area contributed by atoms with Crippen LogP contribution in [0.2, 0.25) is 0 Å². The Labute approximate surface area is 135 Å². The second kappa shape index (κ2) is 5.72. The molecule has 0 aliphatic heterocycles. The van der Waals surface area contributed by atoms with Crippen LogP contribution >= 0.6 is 0 Å². The molecule has 0 radical (unpaired) electrons. The van der Waals surface area contributed by atoms with Gasteiger partial charge in [-0.05, 0) is 12.1 Å². The molecule has 9 heteroatoms. The Morgan fingerprint density at radius 1 is 1.21 bits per heavy atom. The number of nitro benzene ring substituents is 1. The first-order chi connectivity index (χ1) is 11.4. The second-order valence-corrected chi connectivity index (χ2v) is 5.03. The van der Waals surface area contributed by atoms with Gasteiger partial charge in [0.25, 0.3) is 5.69 Å². The molecule has 3 aromatic rings. The van der Waals surface area contributed by atoms with E-state index in [0.717, 1.165) is 0 Å². The Kier molecular flexibility index (Phi) is 3.72. The third kappa shape index (κ3) is 2.69. The summed E-state index contributed by atoms with van der Waals surface area (Å²) in [5.41, 5.74) is -0.0131. The van der Waals surface area contributed by atoms with E-state index in [-0.39, 0.29) is 34.0 Å². The Morgan fingerprint density at radius 2 is 2.00 bits per heavy atom. The highest BCUT2D eigenvalue weighted by atomic mass is 16.6. The lowest BCUT2D eigenvalue weighted by molar-refractivity contribution is -0.384. The number of aromatic hydroxyl groups is 1. The standard InChI is InChI=1S/C15H12N4O5/c20-12-4-5-13(15(21,22)10-7-16-17-8-10)18-14(12)9-2-1-3-11(6-9)19(23)24/h1-8,20-22H,(H,16,17). The van der Waals surface area contributed by atoms with E-state index in [2.05, 4.69) is 15.2 Å². The smallest absolute Gasteiger partial charge is 0.270 e. The Balaban J connectivity index is 2.10. The monoisotopic (exact) mass is 328 g/mol. The van der Waals surface area contributed by atoms with E-state index in [1.165, 1.54) is 48.8 Å². The molecule has 0 amide bonds. The van der Waals surface area contributed by atoms with E-state index in [1.54, 1.807) is 0 Å². The van der Waals surface area contributed by atoms with Gasteiger partial charge in [-0.1, -0.05) is 12.1 Å². The van der Waals surface area contributed by atoms with Crippen molar-refractivity contribution in [3.8, 4) is 17.0 Å². The zero-order valence-electron chi connectivity index (χ0n) is 12.1. The average Bonchev–Trinajstić information content (AvgIpc) is 3.10. The fraction of sp³-hybridized carbons (Fsp3) is 0.0667. The molecule has 0 saturated carbocycles. The van der Waals surface area contributed by atoms with Crippen LogP contribution in [-0.4, -0.2) is 35.4 Å². The lowest BCUT2D eigenvalue weighted by atomic mass is 10.0. The van der Waals surface area contributed by atoms with Crippen LogP contribution in [0.5, 0.6) is 5.75 Å². The van der Waals surface area contributed by atoms with Gasteiger partial charge in [0.15, 0.2) is 0 Å². The summed E-state index contributed by atoms with van der Waals surface area (Å²) in [6.07, 6.45) is 2.52. The Hall–Kier alpha value is -3.30. The van der Waals surface area contributed by atoms with Crippen molar-refractivity contribution >= 4 is 5.69 Å². The van der Waals surface area contributed by atoms with Crippen molar-refractivity contribution in [3.63, 3.8) is 0 Å². The highest BCUT2D eigenvalue weighted by Crippen LogP contribution is 2.33. The van der Waals surface area contributed by atoms with E-state index >= 15 is 0 Å². The highest BCUT2D eigenvalue weighted by Gasteiger charge is 2.32. The van der Waals surface area contributed by atoms with Gasteiger partial charge in [-0.3, -0.25) is 15.2 Å². The third-order valence-corrected chi connectivity index (χ3v) is 3.46. The number of hydrogen-bond donors (Lipinski definition) is 4. The van der Waals surface area contributed by atoms with Crippen molar-refractivity contribution in [1.29, 1.82) is 0 Å². The van der Waals surface area contributed by atoms with Gasteiger partial charge >= 0.3 is 0 Å². The quantitative estimate of drug-likeness (QED) is 0.320. The molecule has 0 bridgehead atoms. The van der Waals surface area contributed by atoms with Gasteiger partial charge in [0.05, 0.1) is 16.7 Å². The molecule has 1 aromatic carbocycles. The van der Waals surface area contributed by atoms with Gasteiger partial charge in [-0.25, -0.2) is 4.98 Å². The van der Waals surface area contributed by atoms with Crippen LogP contribution in [0.1, 0.15) is 11.3 Å². The molecule has 2 aromatic heterocycles. The van der Waals surface area contributed by atoms with Crippen molar-refractivity contribution in [3.05, 3.63) is 70.2 Å². The molecule has 0 aliphatic rings. The molecule has 0 atom stereocenters. The first-order valence-electron chi connectivity index (χ1n) is 6.79. The maximum atomic E-state index is 10.9. The van der Waals surface area contributed by atoms with Gasteiger partial charge < -0.3 is 15.3 Å². The highest BCUT2D eigenvalue weighted by molar-refractivity contribution is 5.68. The zero-order chi connectivity index (χ0) is 17.3. The van der Waals surface area contributed by atoms with Gasteiger partial charge in [-0.2, -0.15) is 5.10 Å². The fourth-order valence-electron chi connectivity index (χ4n) is 2.21. The predicted octanol–water partition coefficient (Wildman–Crippen LogP) is 1.27. The summed E-state index contributed by atoms with van der Waals surface area (Å²) in [5.74, 6) is -2.68. The van der Waals surface area contributed by atoms with Crippen LogP contribution in [0.3, 0.4) is 0 Å². The summed E-state index contributed by atoms with van der Waals surface area (Å²) in [4.78, 5) is 14.4. The average molecular weight is 328 g/mol. The van der Waals surface area contributed by atoms with Gasteiger partial charge in [0, 0.05) is 23.9 Å². The van der Waals surface area contributed by atoms with Crippen molar-refractivity contribution in [1.82, 2.24) is 15.2 Å². The van der Waals surface area contributed by atoms with Crippen LogP contribution in [0.25, 0.3) is 11.3 Å². The lowest BCUT2D eigenvalue weighted by Crippen LogP contribution is -2.27. The third-order valence-electron chi connectivity index (χ3n) is 3.46. The maximum Gasteiger partial charge on any atom is 0.270 e. The molecule has 4 N–H and O–H groups in total. The number of aliphatic hydroxyl groups is 2. The number of nitro groups is 1. The largest absolute Gasteiger partial charge is 0.506 e. The van der Waals surface area contributed by atoms with E-state index in [9.17, 15) is 25.4 Å². The number of nitrogens with zero attached hydrogens (tertiary/aromatic N) is 3. The first kappa shape index (κ1) is 15.6. The van der Waals surface area contributed by atoms with Crippen LogP contribution < -0.4 is 0 Å². The number of pyridine rings is 1. The van der Waals surface area contributed by atoms with E-state index in [1.807, 2.05) is 0 Å². The number of hydrogen-bond acceptors (Lipinski definition) is 7. The van der Waals surface area contributed by atoms with Crippen molar-refractivity contribution in [2.45, 2.75) is 5.79 Å². The fourth-order valence-corrected chi connectivity index (χ4v) is 2.21. The Bertz CT molecular complexity index is 893. The number of non-ortho nitro benzene ring substituents is 1. The van der Waals surface area contributed by atoms with Crippen molar-refractivity contribution in [2.75, 3.05) is 0 Å². The summed E-state index contributed by atoms with van der Waals surface area (Å²) in [6, 6.07) is 7.98. The summed E-state index contributed by atoms with van der Waals surface area (Å²) in [7, 11) is 0. The van der Waals surface area contributed by atoms with Crippen LogP contribution in [0.15, 0.2) is 48.8 Å². The Morgan fingerprint density at radius 3 is 2.67 bits per heavy atom. The minimum Gasteiger partial charge on any atom is -0.506 e. The van der Waals surface area contributed by atoms with Crippen molar-refractivity contribution < 1.29 is 20.2 Å². The predicted molar refractivity (Wildman–Crippen MR) is 81.8 cm³/mol. The minimum atomic E-state index is -2.43. The summed E-state index contributed by atoms with van der Waals surface area (Å²) < 4.78 is 0. The second-order valence-electron chi connectivity index (χ2n) is 5.03. The molecule has 24 heavy (non-hydrogen) atoms. The summed E-state index contributed by atoms with van der Waals surface area (Å²) in [5, 5.41) is 47.6. The topological polar surface area (TPSA) is 145 Å². The molecule has 122 valence electrons. The number of rotatable bonds is 4. The van der Waals surface area contributed by atoms with Gasteiger partial charge in [0.2, 0.25) is 5.79 Å². The molecule has 0 unspecified atom stereocenters. The number of H-pyrrole nitrogens is 1. The summed E-state index contributed by atoms with van der Waals surface area (Å²) in [6.45, 7) is 0. The van der Waals surface area contributed by atoms with E-state index in [4.69, 9.17) is 0 Å². The van der Waals surface area contributed by atoms with Crippen molar-refractivity contribution in [2.24, 2.45) is 0 Å². The lowest BCUT2D eigenvalue weighted by Gasteiger charge is -2.20. The molecular weight excluding hydrogens is 316 g/mol. The molecule has 0 aliphatic carbocycles. The van der Waals surface area contributed by atoms with E-state index in [0.29, 0.717) is 0 Å². The van der Waals surface area contributed by atoms with Gasteiger partial charge in [-0.15, -0.1) is 0 Å². The van der Waals surface area contributed by atoms with Gasteiger partial charge in [0.1, 0.15) is 17.1 Å². The minimum absolute atomic E-state index is 0.00725. The first-order valence-corrected chi connectivity index (χ1v) is 6.79. The molecule has 9 nitrogen and oxygen atoms in total. The molecule has 0 fully saturated rings. The van der Waals surface area contributed by atoms with Crippen LogP contribution in [0, 0.1) is 10.1 Å². The maximum absolute atomic E-state index is 10.9. The molecule has 0 spiro atoms.